The van der Waals surface area contributed by atoms with Crippen LogP contribution in [0.1, 0.15) is 64.7 Å². The number of fused-ring (bicyclic) bond motifs is 1. The van der Waals surface area contributed by atoms with E-state index in [1.165, 1.54) is 25.7 Å². The number of carboxylic acids is 1. The Morgan fingerprint density at radius 2 is 2.00 bits per heavy atom. The molecule has 0 spiro atoms. The molecule has 26 heavy (non-hydrogen) atoms. The first kappa shape index (κ1) is 20.9. The molecule has 1 fully saturated rings. The molecule has 3 unspecified atom stereocenters. The van der Waals surface area contributed by atoms with Gasteiger partial charge >= 0.3 is 5.97 Å². The van der Waals surface area contributed by atoms with Crippen LogP contribution in [0.25, 0.3) is 0 Å². The fourth-order valence-electron chi connectivity index (χ4n) is 3.82. The summed E-state index contributed by atoms with van der Waals surface area (Å²) in [5.41, 5.74) is 4.69. The van der Waals surface area contributed by atoms with E-state index < -0.39 is 24.8 Å². The minimum atomic E-state index is -1.02. The Bertz CT molecular complexity index is 516. The highest BCUT2D eigenvalue weighted by Crippen LogP contribution is 2.48. The number of aliphatic hydroxyl groups is 2. The number of carboxylic acid groups (broad SMARTS) is 1. The summed E-state index contributed by atoms with van der Waals surface area (Å²) in [6.07, 6.45) is 12.3. The Balaban J connectivity index is 1.69. The maximum atomic E-state index is 10.5. The molecule has 0 heterocycles. The van der Waals surface area contributed by atoms with E-state index in [1.54, 1.807) is 0 Å². The first-order valence-corrected chi connectivity index (χ1v) is 9.88. The van der Waals surface area contributed by atoms with Gasteiger partial charge in [-0.05, 0) is 24.8 Å². The quantitative estimate of drug-likeness (QED) is 0.227. The number of hydrogen-bond acceptors (Lipinski definition) is 5. The van der Waals surface area contributed by atoms with Gasteiger partial charge in [-0.25, -0.2) is 4.79 Å². The molecule has 2 rings (SSSR count). The van der Waals surface area contributed by atoms with Gasteiger partial charge in [-0.3, -0.25) is 10.3 Å². The third kappa shape index (κ3) is 6.11. The zero-order valence-corrected chi connectivity index (χ0v) is 15.7. The number of carbonyl (C=O) groups is 1. The second-order valence-corrected chi connectivity index (χ2v) is 7.47. The van der Waals surface area contributed by atoms with Crippen molar-refractivity contribution in [3.63, 3.8) is 0 Å². The van der Waals surface area contributed by atoms with Gasteiger partial charge in [0.1, 0.15) is 0 Å². The number of aliphatic carboxylic acids is 1. The van der Waals surface area contributed by atoms with Crippen LogP contribution in [0.4, 0.5) is 0 Å². The molecule has 0 saturated heterocycles. The lowest BCUT2D eigenvalue weighted by atomic mass is 9.83. The summed E-state index contributed by atoms with van der Waals surface area (Å²) >= 11 is 0. The van der Waals surface area contributed by atoms with Crippen LogP contribution >= 0.6 is 0 Å². The molecule has 0 bridgehead atoms. The SMILES string of the molecule is CCCCCCCCC(O)C=CC1CC2=C(NOCC(=O)O)C[C@H]2C1O. The highest BCUT2D eigenvalue weighted by Gasteiger charge is 2.45. The molecule has 6 heteroatoms. The van der Waals surface area contributed by atoms with E-state index in [9.17, 15) is 15.0 Å². The van der Waals surface area contributed by atoms with Gasteiger partial charge in [-0.2, -0.15) is 0 Å². The second kappa shape index (κ2) is 10.7. The predicted octanol–water partition coefficient (Wildman–Crippen LogP) is 2.91. The Hall–Kier alpha value is -1.37. The van der Waals surface area contributed by atoms with E-state index in [4.69, 9.17) is 9.94 Å². The summed E-state index contributed by atoms with van der Waals surface area (Å²) in [6, 6.07) is 0. The monoisotopic (exact) mass is 367 g/mol. The molecule has 4 N–H and O–H groups in total. The maximum Gasteiger partial charge on any atom is 0.332 e. The van der Waals surface area contributed by atoms with Crippen molar-refractivity contribution in [2.24, 2.45) is 11.8 Å². The van der Waals surface area contributed by atoms with Crippen molar-refractivity contribution < 1.29 is 25.0 Å². The first-order chi connectivity index (χ1) is 12.5. The Labute approximate surface area is 155 Å². The molecule has 0 aromatic rings. The van der Waals surface area contributed by atoms with E-state index >= 15 is 0 Å². The molecule has 4 atom stereocenters. The smallest absolute Gasteiger partial charge is 0.332 e. The average Bonchev–Trinajstić information content (AvgIpc) is 2.83. The number of aliphatic hydroxyl groups excluding tert-OH is 2. The molecule has 148 valence electrons. The molecule has 0 aromatic heterocycles. The minimum absolute atomic E-state index is 0.00739. The summed E-state index contributed by atoms with van der Waals surface area (Å²) < 4.78 is 0. The van der Waals surface area contributed by atoms with E-state index in [-0.39, 0.29) is 11.8 Å². The van der Waals surface area contributed by atoms with Crippen molar-refractivity contribution >= 4 is 5.97 Å². The maximum absolute atomic E-state index is 10.5. The fraction of sp³-hybridized carbons (Fsp3) is 0.750. The Morgan fingerprint density at radius 3 is 2.73 bits per heavy atom. The molecule has 2 aliphatic rings. The topological polar surface area (TPSA) is 99.0 Å². The van der Waals surface area contributed by atoms with Crippen molar-refractivity contribution in [3.8, 4) is 0 Å². The number of allylic oxidation sites excluding steroid dienone is 1. The molecule has 0 aliphatic heterocycles. The number of nitrogens with one attached hydrogen (secondary N) is 1. The van der Waals surface area contributed by atoms with E-state index in [0.717, 1.165) is 37.0 Å². The zero-order chi connectivity index (χ0) is 18.9. The third-order valence-electron chi connectivity index (χ3n) is 5.39. The van der Waals surface area contributed by atoms with Gasteiger partial charge in [-0.1, -0.05) is 57.6 Å². The normalized spacial score (nSPS) is 26.0. The van der Waals surface area contributed by atoms with Crippen LogP contribution in [-0.4, -0.2) is 40.1 Å². The molecule has 1 saturated carbocycles. The van der Waals surface area contributed by atoms with Crippen molar-refractivity contribution in [2.75, 3.05) is 6.61 Å². The summed E-state index contributed by atoms with van der Waals surface area (Å²) in [5, 5.41) is 29.1. The highest BCUT2D eigenvalue weighted by molar-refractivity contribution is 5.67. The molecular weight excluding hydrogens is 334 g/mol. The molecular formula is C20H33NO5. The largest absolute Gasteiger partial charge is 0.479 e. The van der Waals surface area contributed by atoms with Gasteiger partial charge in [0.05, 0.1) is 12.2 Å². The number of hydroxylamine groups is 1. The molecule has 0 radical (unpaired) electrons. The van der Waals surface area contributed by atoms with Crippen LogP contribution in [-0.2, 0) is 9.63 Å². The van der Waals surface area contributed by atoms with Gasteiger partial charge in [-0.15, -0.1) is 0 Å². The van der Waals surface area contributed by atoms with Crippen LogP contribution in [0.2, 0.25) is 0 Å². The predicted molar refractivity (Wildman–Crippen MR) is 99.1 cm³/mol. The van der Waals surface area contributed by atoms with Gasteiger partial charge in [0.25, 0.3) is 0 Å². The molecule has 0 aromatic carbocycles. The number of hydrogen-bond donors (Lipinski definition) is 4. The lowest BCUT2D eigenvalue weighted by molar-refractivity contribution is -0.144. The summed E-state index contributed by atoms with van der Waals surface area (Å²) in [4.78, 5) is 15.4. The van der Waals surface area contributed by atoms with Crippen molar-refractivity contribution in [1.29, 1.82) is 0 Å². The first-order valence-electron chi connectivity index (χ1n) is 9.88. The lowest BCUT2D eigenvalue weighted by Gasteiger charge is -2.30. The Morgan fingerprint density at radius 1 is 1.27 bits per heavy atom. The molecule has 2 aliphatic carbocycles. The summed E-state index contributed by atoms with van der Waals surface area (Å²) in [6.45, 7) is 1.81. The van der Waals surface area contributed by atoms with Crippen LogP contribution in [0.15, 0.2) is 23.4 Å². The van der Waals surface area contributed by atoms with Crippen LogP contribution < -0.4 is 5.48 Å². The van der Waals surface area contributed by atoms with Crippen LogP contribution in [0, 0.1) is 11.8 Å². The van der Waals surface area contributed by atoms with Gasteiger partial charge in [0.2, 0.25) is 0 Å². The summed E-state index contributed by atoms with van der Waals surface area (Å²) in [7, 11) is 0. The second-order valence-electron chi connectivity index (χ2n) is 7.47. The average molecular weight is 367 g/mol. The van der Waals surface area contributed by atoms with Gasteiger partial charge < -0.3 is 15.3 Å². The van der Waals surface area contributed by atoms with E-state index in [0.29, 0.717) is 6.42 Å². The number of unbranched alkanes of at least 4 members (excludes halogenated alkanes) is 5. The summed E-state index contributed by atoms with van der Waals surface area (Å²) in [5.74, 6) is -0.894. The zero-order valence-electron chi connectivity index (χ0n) is 15.7. The van der Waals surface area contributed by atoms with E-state index in [2.05, 4.69) is 12.4 Å². The van der Waals surface area contributed by atoms with Crippen molar-refractivity contribution in [2.45, 2.75) is 76.9 Å². The third-order valence-corrected chi connectivity index (χ3v) is 5.39. The molecule has 6 nitrogen and oxygen atoms in total. The van der Waals surface area contributed by atoms with Gasteiger partial charge in [0.15, 0.2) is 6.61 Å². The van der Waals surface area contributed by atoms with Crippen LogP contribution in [0.3, 0.4) is 0 Å². The van der Waals surface area contributed by atoms with Crippen molar-refractivity contribution in [3.05, 3.63) is 23.4 Å². The van der Waals surface area contributed by atoms with E-state index in [1.807, 2.05) is 12.2 Å². The standard InChI is InChI=1S/C20H33NO5/c1-2-3-4-5-6-7-8-15(22)10-9-14-11-16-17(20(14)25)12-18(16)21-26-13-19(23)24/h9-10,14-15,17,20-22,25H,2-8,11-13H2,1H3,(H,23,24)/t14?,15?,17-,20?/m1/s1. The highest BCUT2D eigenvalue weighted by atomic mass is 16.7. The molecule has 0 amide bonds. The van der Waals surface area contributed by atoms with Gasteiger partial charge in [0, 0.05) is 17.5 Å². The van der Waals surface area contributed by atoms with Crippen LogP contribution in [0.5, 0.6) is 0 Å². The fourth-order valence-corrected chi connectivity index (χ4v) is 3.82. The lowest BCUT2D eigenvalue weighted by Crippen LogP contribution is -2.32. The Kier molecular flexibility index (Phi) is 8.62. The van der Waals surface area contributed by atoms with Crippen molar-refractivity contribution in [1.82, 2.24) is 5.48 Å². The minimum Gasteiger partial charge on any atom is -0.479 e. The number of rotatable bonds is 13.